The molecule has 0 aromatic carbocycles. The van der Waals surface area contributed by atoms with Crippen LogP contribution in [0.25, 0.3) is 0 Å². The van der Waals surface area contributed by atoms with E-state index in [-0.39, 0.29) is 0 Å². The van der Waals surface area contributed by atoms with Gasteiger partial charge in [-0.05, 0) is 52.5 Å². The van der Waals surface area contributed by atoms with Gasteiger partial charge in [0, 0.05) is 13.1 Å². The van der Waals surface area contributed by atoms with Gasteiger partial charge in [-0.2, -0.15) is 4.98 Å². The van der Waals surface area contributed by atoms with Crippen molar-refractivity contribution in [3.05, 3.63) is 12.1 Å². The SMILES string of the molecule is CCCOc1nc(N(CC)CCCN(C)C)ccc1N. The Labute approximate surface area is 122 Å². The smallest absolute Gasteiger partial charge is 0.239 e. The van der Waals surface area contributed by atoms with E-state index in [1.165, 1.54) is 0 Å². The molecule has 0 saturated heterocycles. The lowest BCUT2D eigenvalue weighted by Crippen LogP contribution is -2.27. The van der Waals surface area contributed by atoms with E-state index in [0.717, 1.165) is 38.3 Å². The van der Waals surface area contributed by atoms with Crippen molar-refractivity contribution < 1.29 is 4.74 Å². The lowest BCUT2D eigenvalue weighted by atomic mass is 10.3. The predicted octanol–water partition coefficient (Wildman–Crippen LogP) is 2.23. The number of nitrogens with zero attached hydrogens (tertiary/aromatic N) is 3. The molecule has 0 aliphatic rings. The number of pyridine rings is 1. The van der Waals surface area contributed by atoms with Crippen LogP contribution in [0, 0.1) is 0 Å². The average molecular weight is 280 g/mol. The standard InChI is InChI=1S/C15H28N4O/c1-5-12-20-15-13(16)8-9-14(17-15)19(6-2)11-7-10-18(3)4/h8-9H,5-7,10-12,16H2,1-4H3. The molecule has 1 rings (SSSR count). The molecule has 1 aromatic heterocycles. The Hall–Kier alpha value is -1.49. The molecule has 1 heterocycles. The number of ether oxygens (including phenoxy) is 1. The lowest BCUT2D eigenvalue weighted by Gasteiger charge is -2.23. The summed E-state index contributed by atoms with van der Waals surface area (Å²) in [4.78, 5) is 8.99. The summed E-state index contributed by atoms with van der Waals surface area (Å²) in [7, 11) is 4.18. The van der Waals surface area contributed by atoms with Crippen LogP contribution in [-0.2, 0) is 0 Å². The van der Waals surface area contributed by atoms with Gasteiger partial charge in [0.2, 0.25) is 5.88 Å². The number of nitrogen functional groups attached to an aromatic ring is 1. The highest BCUT2D eigenvalue weighted by atomic mass is 16.5. The first-order valence-electron chi connectivity index (χ1n) is 7.37. The van der Waals surface area contributed by atoms with Gasteiger partial charge >= 0.3 is 0 Å². The molecule has 5 heteroatoms. The summed E-state index contributed by atoms with van der Waals surface area (Å²) >= 11 is 0. The van der Waals surface area contributed by atoms with E-state index in [4.69, 9.17) is 10.5 Å². The highest BCUT2D eigenvalue weighted by molar-refractivity contribution is 5.54. The Kier molecular flexibility index (Phi) is 7.15. The molecule has 0 spiro atoms. The van der Waals surface area contributed by atoms with Crippen LogP contribution in [0.1, 0.15) is 26.7 Å². The van der Waals surface area contributed by atoms with Gasteiger partial charge in [0.15, 0.2) is 0 Å². The molecule has 2 N–H and O–H groups in total. The van der Waals surface area contributed by atoms with E-state index in [0.29, 0.717) is 18.2 Å². The van der Waals surface area contributed by atoms with Crippen molar-refractivity contribution >= 4 is 11.5 Å². The van der Waals surface area contributed by atoms with Crippen LogP contribution in [0.15, 0.2) is 12.1 Å². The summed E-state index contributed by atoms with van der Waals surface area (Å²) in [6.45, 7) is 7.84. The molecule has 0 radical (unpaired) electrons. The Morgan fingerprint density at radius 3 is 2.55 bits per heavy atom. The summed E-state index contributed by atoms with van der Waals surface area (Å²) in [5.41, 5.74) is 6.50. The summed E-state index contributed by atoms with van der Waals surface area (Å²) in [6, 6.07) is 3.84. The van der Waals surface area contributed by atoms with Gasteiger partial charge in [-0.25, -0.2) is 0 Å². The molecule has 0 aliphatic carbocycles. The number of hydrogen-bond donors (Lipinski definition) is 1. The van der Waals surface area contributed by atoms with Gasteiger partial charge in [0.25, 0.3) is 0 Å². The van der Waals surface area contributed by atoms with Crippen molar-refractivity contribution in [2.24, 2.45) is 0 Å². The molecule has 20 heavy (non-hydrogen) atoms. The van der Waals surface area contributed by atoms with Gasteiger partial charge in [0.1, 0.15) is 5.82 Å². The summed E-state index contributed by atoms with van der Waals surface area (Å²) in [5.74, 6) is 1.49. The minimum absolute atomic E-state index is 0.551. The number of rotatable bonds is 9. The topological polar surface area (TPSA) is 54.6 Å². The second-order valence-electron chi connectivity index (χ2n) is 5.15. The fraction of sp³-hybridized carbons (Fsp3) is 0.667. The first kappa shape index (κ1) is 16.6. The van der Waals surface area contributed by atoms with Crippen molar-refractivity contribution in [3.63, 3.8) is 0 Å². The van der Waals surface area contributed by atoms with Crippen LogP contribution in [0.3, 0.4) is 0 Å². The second kappa shape index (κ2) is 8.64. The van der Waals surface area contributed by atoms with Gasteiger partial charge in [0.05, 0.1) is 12.3 Å². The molecular formula is C15H28N4O. The fourth-order valence-corrected chi connectivity index (χ4v) is 1.94. The van der Waals surface area contributed by atoms with Crippen LogP contribution in [0.2, 0.25) is 0 Å². The number of nitrogens with two attached hydrogens (primary N) is 1. The summed E-state index contributed by atoms with van der Waals surface area (Å²) < 4.78 is 5.59. The fourth-order valence-electron chi connectivity index (χ4n) is 1.94. The largest absolute Gasteiger partial charge is 0.476 e. The van der Waals surface area contributed by atoms with Crippen molar-refractivity contribution in [3.8, 4) is 5.88 Å². The van der Waals surface area contributed by atoms with Crippen LogP contribution in [0.4, 0.5) is 11.5 Å². The molecule has 0 fully saturated rings. The molecule has 0 atom stereocenters. The molecular weight excluding hydrogens is 252 g/mol. The first-order chi connectivity index (χ1) is 9.58. The normalized spacial score (nSPS) is 10.8. The number of anilines is 2. The maximum absolute atomic E-state index is 5.90. The third-order valence-corrected chi connectivity index (χ3v) is 3.06. The zero-order chi connectivity index (χ0) is 15.0. The Balaban J connectivity index is 2.71. The summed E-state index contributed by atoms with van der Waals surface area (Å²) in [5, 5.41) is 0. The minimum atomic E-state index is 0.551. The number of hydrogen-bond acceptors (Lipinski definition) is 5. The van der Waals surface area contributed by atoms with Gasteiger partial charge in [-0.1, -0.05) is 6.92 Å². The van der Waals surface area contributed by atoms with E-state index < -0.39 is 0 Å². The van der Waals surface area contributed by atoms with E-state index in [2.05, 4.69) is 42.7 Å². The van der Waals surface area contributed by atoms with Crippen molar-refractivity contribution in [2.75, 3.05) is 51.0 Å². The zero-order valence-electron chi connectivity index (χ0n) is 13.2. The van der Waals surface area contributed by atoms with Crippen molar-refractivity contribution in [2.45, 2.75) is 26.7 Å². The molecule has 5 nitrogen and oxygen atoms in total. The maximum Gasteiger partial charge on any atom is 0.239 e. The molecule has 1 aromatic rings. The highest BCUT2D eigenvalue weighted by Gasteiger charge is 2.10. The lowest BCUT2D eigenvalue weighted by molar-refractivity contribution is 0.307. The van der Waals surface area contributed by atoms with E-state index in [1.807, 2.05) is 12.1 Å². The Morgan fingerprint density at radius 2 is 1.95 bits per heavy atom. The zero-order valence-corrected chi connectivity index (χ0v) is 13.2. The first-order valence-corrected chi connectivity index (χ1v) is 7.37. The van der Waals surface area contributed by atoms with Gasteiger partial charge < -0.3 is 20.3 Å². The van der Waals surface area contributed by atoms with Crippen molar-refractivity contribution in [1.82, 2.24) is 9.88 Å². The molecule has 0 aliphatic heterocycles. The summed E-state index contributed by atoms with van der Waals surface area (Å²) in [6.07, 6.45) is 2.06. The number of aromatic nitrogens is 1. The van der Waals surface area contributed by atoms with E-state index in [1.54, 1.807) is 0 Å². The minimum Gasteiger partial charge on any atom is -0.476 e. The monoisotopic (exact) mass is 280 g/mol. The Morgan fingerprint density at radius 1 is 1.20 bits per heavy atom. The Bertz CT molecular complexity index is 395. The molecule has 0 amide bonds. The second-order valence-corrected chi connectivity index (χ2v) is 5.15. The van der Waals surface area contributed by atoms with Crippen LogP contribution >= 0.6 is 0 Å². The van der Waals surface area contributed by atoms with Crippen LogP contribution in [-0.4, -0.2) is 50.2 Å². The third-order valence-electron chi connectivity index (χ3n) is 3.06. The predicted molar refractivity (Wildman–Crippen MR) is 85.5 cm³/mol. The molecule has 0 saturated carbocycles. The van der Waals surface area contributed by atoms with Gasteiger partial charge in [-0.3, -0.25) is 0 Å². The average Bonchev–Trinajstić information content (AvgIpc) is 2.43. The maximum atomic E-state index is 5.90. The molecule has 0 unspecified atom stereocenters. The van der Waals surface area contributed by atoms with E-state index >= 15 is 0 Å². The van der Waals surface area contributed by atoms with Gasteiger partial charge in [-0.15, -0.1) is 0 Å². The highest BCUT2D eigenvalue weighted by Crippen LogP contribution is 2.23. The molecule has 0 bridgehead atoms. The van der Waals surface area contributed by atoms with Crippen molar-refractivity contribution in [1.29, 1.82) is 0 Å². The third kappa shape index (κ3) is 5.25. The van der Waals surface area contributed by atoms with E-state index in [9.17, 15) is 0 Å². The van der Waals surface area contributed by atoms with Crippen LogP contribution in [0.5, 0.6) is 5.88 Å². The quantitative estimate of drug-likeness (QED) is 0.752. The molecule has 114 valence electrons. The van der Waals surface area contributed by atoms with Crippen LogP contribution < -0.4 is 15.4 Å².